The average Bonchev–Trinajstić information content (AvgIpc) is 2.35. The number of benzene rings is 1. The van der Waals surface area contributed by atoms with Crippen molar-refractivity contribution in [3.05, 3.63) is 39.4 Å². The van der Waals surface area contributed by atoms with E-state index in [2.05, 4.69) is 5.32 Å². The molecule has 5 nitrogen and oxygen atoms in total. The largest absolute Gasteiger partial charge is 0.349 e. The lowest BCUT2D eigenvalue weighted by molar-refractivity contribution is -0.387. The zero-order chi connectivity index (χ0) is 14.6. The summed E-state index contributed by atoms with van der Waals surface area (Å²) in [6.45, 7) is 3.63. The third-order valence-electron chi connectivity index (χ3n) is 2.82. The van der Waals surface area contributed by atoms with Crippen molar-refractivity contribution in [2.24, 2.45) is 0 Å². The van der Waals surface area contributed by atoms with E-state index < -0.39 is 33.7 Å². The van der Waals surface area contributed by atoms with E-state index in [1.165, 1.54) is 0 Å². The van der Waals surface area contributed by atoms with Crippen LogP contribution >= 0.6 is 0 Å². The number of rotatable bonds is 5. The summed E-state index contributed by atoms with van der Waals surface area (Å²) < 4.78 is 27.2. The van der Waals surface area contributed by atoms with Crippen LogP contribution in [0.3, 0.4) is 0 Å². The van der Waals surface area contributed by atoms with Crippen LogP contribution in [0.1, 0.15) is 37.0 Å². The van der Waals surface area contributed by atoms with Crippen molar-refractivity contribution < 1.29 is 18.5 Å². The van der Waals surface area contributed by atoms with Crippen molar-refractivity contribution in [1.82, 2.24) is 5.32 Å². The predicted molar refractivity (Wildman–Crippen MR) is 64.8 cm³/mol. The number of nitro groups is 1. The third-order valence-corrected chi connectivity index (χ3v) is 2.82. The second-order valence-electron chi connectivity index (χ2n) is 4.00. The minimum atomic E-state index is -1.45. The number of hydrogen-bond donors (Lipinski definition) is 1. The second-order valence-corrected chi connectivity index (χ2v) is 4.00. The van der Waals surface area contributed by atoms with Crippen molar-refractivity contribution in [2.45, 2.75) is 32.7 Å². The van der Waals surface area contributed by atoms with E-state index in [1.54, 1.807) is 0 Å². The summed E-state index contributed by atoms with van der Waals surface area (Å²) in [5, 5.41) is 13.0. The Morgan fingerprint density at radius 3 is 2.42 bits per heavy atom. The molecule has 0 atom stereocenters. The molecule has 19 heavy (non-hydrogen) atoms. The minimum Gasteiger partial charge on any atom is -0.349 e. The fourth-order valence-corrected chi connectivity index (χ4v) is 1.64. The zero-order valence-corrected chi connectivity index (χ0v) is 10.6. The Morgan fingerprint density at radius 1 is 1.37 bits per heavy atom. The van der Waals surface area contributed by atoms with Gasteiger partial charge in [-0.2, -0.15) is 4.39 Å². The van der Waals surface area contributed by atoms with Gasteiger partial charge in [0.05, 0.1) is 4.92 Å². The monoisotopic (exact) mass is 272 g/mol. The number of nitro benzene ring substituents is 1. The normalized spacial score (nSPS) is 10.6. The number of carbonyl (C=O) groups is 1. The molecule has 0 saturated carbocycles. The fraction of sp³-hybridized carbons (Fsp3) is 0.417. The van der Waals surface area contributed by atoms with E-state index in [-0.39, 0.29) is 6.04 Å². The number of nitrogens with one attached hydrogen (secondary N) is 1. The highest BCUT2D eigenvalue weighted by molar-refractivity contribution is 5.95. The summed E-state index contributed by atoms with van der Waals surface area (Å²) in [5.74, 6) is -3.55. The molecule has 0 spiro atoms. The molecule has 0 heterocycles. The number of nitrogens with zero attached hydrogens (tertiary/aromatic N) is 1. The van der Waals surface area contributed by atoms with Crippen LogP contribution in [-0.4, -0.2) is 16.9 Å². The van der Waals surface area contributed by atoms with E-state index >= 15 is 0 Å². The van der Waals surface area contributed by atoms with E-state index in [1.807, 2.05) is 13.8 Å². The Balaban J connectivity index is 3.15. The maximum atomic E-state index is 13.8. The van der Waals surface area contributed by atoms with Gasteiger partial charge in [-0.15, -0.1) is 0 Å². The highest BCUT2D eigenvalue weighted by Crippen LogP contribution is 2.23. The molecule has 0 fully saturated rings. The fourth-order valence-electron chi connectivity index (χ4n) is 1.64. The highest BCUT2D eigenvalue weighted by atomic mass is 19.1. The SMILES string of the molecule is CCC(CC)NC(=O)c1c(F)ccc([N+](=O)[O-])c1F. The van der Waals surface area contributed by atoms with E-state index in [4.69, 9.17) is 0 Å². The first-order valence-electron chi connectivity index (χ1n) is 5.85. The summed E-state index contributed by atoms with van der Waals surface area (Å²) in [7, 11) is 0. The summed E-state index contributed by atoms with van der Waals surface area (Å²) in [5.41, 5.74) is -1.84. The van der Waals surface area contributed by atoms with Crippen molar-refractivity contribution in [3.63, 3.8) is 0 Å². The Kier molecular flexibility index (Phi) is 4.91. The summed E-state index contributed by atoms with van der Waals surface area (Å²) >= 11 is 0. The first-order chi connectivity index (χ1) is 8.92. The molecule has 104 valence electrons. The molecule has 0 radical (unpaired) electrons. The van der Waals surface area contributed by atoms with Gasteiger partial charge >= 0.3 is 5.69 Å². The molecule has 1 N–H and O–H groups in total. The van der Waals surface area contributed by atoms with Gasteiger partial charge < -0.3 is 5.32 Å². The molecular formula is C12H14F2N2O3. The lowest BCUT2D eigenvalue weighted by Gasteiger charge is -2.15. The van der Waals surface area contributed by atoms with Crippen LogP contribution < -0.4 is 5.32 Å². The molecule has 1 amide bonds. The molecule has 0 bridgehead atoms. The van der Waals surface area contributed by atoms with Gasteiger partial charge in [0.15, 0.2) is 0 Å². The van der Waals surface area contributed by atoms with Gasteiger partial charge in [-0.05, 0) is 18.9 Å². The van der Waals surface area contributed by atoms with Crippen LogP contribution in [0.4, 0.5) is 14.5 Å². The number of halogens is 2. The van der Waals surface area contributed by atoms with E-state index in [9.17, 15) is 23.7 Å². The van der Waals surface area contributed by atoms with Gasteiger partial charge in [0.25, 0.3) is 5.91 Å². The topological polar surface area (TPSA) is 72.2 Å². The Bertz CT molecular complexity index is 502. The smallest absolute Gasteiger partial charge is 0.305 e. The van der Waals surface area contributed by atoms with Gasteiger partial charge in [0.2, 0.25) is 5.82 Å². The van der Waals surface area contributed by atoms with Crippen molar-refractivity contribution >= 4 is 11.6 Å². The quantitative estimate of drug-likeness (QED) is 0.661. The van der Waals surface area contributed by atoms with Crippen molar-refractivity contribution in [2.75, 3.05) is 0 Å². The molecule has 0 saturated heterocycles. The molecule has 1 rings (SSSR count). The van der Waals surface area contributed by atoms with Crippen LogP contribution in [0.25, 0.3) is 0 Å². The molecule has 0 aliphatic heterocycles. The average molecular weight is 272 g/mol. The van der Waals surface area contributed by atoms with Crippen LogP contribution in [0.5, 0.6) is 0 Å². The maximum Gasteiger partial charge on any atom is 0.305 e. The highest BCUT2D eigenvalue weighted by Gasteiger charge is 2.26. The summed E-state index contributed by atoms with van der Waals surface area (Å²) in [4.78, 5) is 21.3. The van der Waals surface area contributed by atoms with Crippen molar-refractivity contribution in [3.8, 4) is 0 Å². The predicted octanol–water partition coefficient (Wildman–Crippen LogP) is 2.79. The third kappa shape index (κ3) is 3.24. The minimum absolute atomic E-state index is 0.231. The zero-order valence-electron chi connectivity index (χ0n) is 10.6. The molecule has 0 aromatic heterocycles. The van der Waals surface area contributed by atoms with Crippen LogP contribution in [-0.2, 0) is 0 Å². The van der Waals surface area contributed by atoms with Crippen LogP contribution in [0.2, 0.25) is 0 Å². The van der Waals surface area contributed by atoms with E-state index in [0.717, 1.165) is 0 Å². The van der Waals surface area contributed by atoms with Gasteiger partial charge in [-0.1, -0.05) is 13.8 Å². The molecule has 0 unspecified atom stereocenters. The lowest BCUT2D eigenvalue weighted by atomic mass is 10.1. The lowest BCUT2D eigenvalue weighted by Crippen LogP contribution is -2.35. The first-order valence-corrected chi connectivity index (χ1v) is 5.85. The Labute approximate surface area is 108 Å². The summed E-state index contributed by atoms with van der Waals surface area (Å²) in [6, 6.07) is 1.17. The van der Waals surface area contributed by atoms with Gasteiger partial charge in [0, 0.05) is 12.1 Å². The molecule has 7 heteroatoms. The van der Waals surface area contributed by atoms with Gasteiger partial charge in [-0.3, -0.25) is 14.9 Å². The Hall–Kier alpha value is -2.05. The first kappa shape index (κ1) is 15.0. The molecule has 1 aromatic rings. The second kappa shape index (κ2) is 6.21. The number of carbonyl (C=O) groups excluding carboxylic acids is 1. The van der Waals surface area contributed by atoms with Crippen LogP contribution in [0, 0.1) is 21.7 Å². The Morgan fingerprint density at radius 2 is 1.95 bits per heavy atom. The van der Waals surface area contributed by atoms with E-state index in [0.29, 0.717) is 25.0 Å². The van der Waals surface area contributed by atoms with Crippen molar-refractivity contribution in [1.29, 1.82) is 0 Å². The van der Waals surface area contributed by atoms with Gasteiger partial charge in [-0.25, -0.2) is 4.39 Å². The number of amides is 1. The maximum absolute atomic E-state index is 13.8. The van der Waals surface area contributed by atoms with Gasteiger partial charge in [0.1, 0.15) is 11.4 Å². The standard InChI is InChI=1S/C12H14F2N2O3/c1-3-7(4-2)15-12(17)10-8(13)5-6-9(11(10)14)16(18)19/h5-7H,3-4H2,1-2H3,(H,15,17). The molecule has 0 aliphatic rings. The number of hydrogen-bond acceptors (Lipinski definition) is 3. The molecule has 1 aromatic carbocycles. The molecule has 0 aliphatic carbocycles. The summed E-state index contributed by atoms with van der Waals surface area (Å²) in [6.07, 6.45) is 1.20. The van der Waals surface area contributed by atoms with Crippen LogP contribution in [0.15, 0.2) is 12.1 Å². The molecular weight excluding hydrogens is 258 g/mol.